The number of aliphatic hydroxyl groups excluding tert-OH is 1. The Bertz CT molecular complexity index is 963. The highest BCUT2D eigenvalue weighted by atomic mass is 19.4. The summed E-state index contributed by atoms with van der Waals surface area (Å²) in [5.41, 5.74) is 1.01. The van der Waals surface area contributed by atoms with Gasteiger partial charge in [-0.1, -0.05) is 12.8 Å². The van der Waals surface area contributed by atoms with Crippen molar-refractivity contribution in [1.82, 2.24) is 20.3 Å². The van der Waals surface area contributed by atoms with Crippen molar-refractivity contribution in [3.8, 4) is 5.75 Å². The van der Waals surface area contributed by atoms with Crippen LogP contribution < -0.4 is 25.2 Å². The summed E-state index contributed by atoms with van der Waals surface area (Å²) in [6.07, 6.45) is -2.83. The molecule has 12 heteroatoms. The first-order valence-corrected chi connectivity index (χ1v) is 11.2. The van der Waals surface area contributed by atoms with Crippen LogP contribution in [0.4, 0.5) is 36.4 Å². The Labute approximate surface area is 189 Å². The Morgan fingerprint density at radius 2 is 1.85 bits per heavy atom. The summed E-state index contributed by atoms with van der Waals surface area (Å²) < 4.78 is 45.6. The van der Waals surface area contributed by atoms with Crippen molar-refractivity contribution >= 4 is 23.3 Å². The van der Waals surface area contributed by atoms with E-state index in [1.54, 1.807) is 12.3 Å². The van der Waals surface area contributed by atoms with E-state index in [0.717, 1.165) is 44.7 Å². The fourth-order valence-corrected chi connectivity index (χ4v) is 4.65. The van der Waals surface area contributed by atoms with E-state index in [2.05, 4.69) is 30.5 Å². The third-order valence-corrected chi connectivity index (χ3v) is 6.30. The standard InChI is InChI=1S/C21H26F3N7O2/c22-21(23,24)17-19(32)31(13-3-1-2-4-13)18-15(33-17)12-27-20(29-18)28-16-6-5-14(11-26-16)30-9-7-25-8-10-30/h5-6,11-13,17,19,25,32H,1-4,7-10H2,(H,26,27,28,29). The van der Waals surface area contributed by atoms with Gasteiger partial charge >= 0.3 is 6.18 Å². The molecule has 1 saturated heterocycles. The predicted octanol–water partition coefficient (Wildman–Crippen LogP) is 2.42. The summed E-state index contributed by atoms with van der Waals surface area (Å²) in [6, 6.07) is 3.51. The molecule has 0 amide bonds. The Morgan fingerprint density at radius 3 is 2.52 bits per heavy atom. The molecule has 3 aliphatic rings. The molecule has 0 radical (unpaired) electrons. The highest BCUT2D eigenvalue weighted by Crippen LogP contribution is 2.42. The fourth-order valence-electron chi connectivity index (χ4n) is 4.65. The minimum atomic E-state index is -4.72. The first-order chi connectivity index (χ1) is 15.9. The summed E-state index contributed by atoms with van der Waals surface area (Å²) >= 11 is 0. The average molecular weight is 465 g/mol. The van der Waals surface area contributed by atoms with Gasteiger partial charge in [-0.15, -0.1) is 0 Å². The van der Waals surface area contributed by atoms with E-state index in [9.17, 15) is 18.3 Å². The lowest BCUT2D eigenvalue weighted by molar-refractivity contribution is -0.224. The quantitative estimate of drug-likeness (QED) is 0.629. The number of halogens is 3. The molecule has 2 atom stereocenters. The molecule has 0 bridgehead atoms. The van der Waals surface area contributed by atoms with Crippen molar-refractivity contribution in [2.75, 3.05) is 41.3 Å². The van der Waals surface area contributed by atoms with E-state index >= 15 is 0 Å². The predicted molar refractivity (Wildman–Crippen MR) is 116 cm³/mol. The van der Waals surface area contributed by atoms with Crippen LogP contribution in [0.2, 0.25) is 0 Å². The maximum atomic E-state index is 13.5. The second-order valence-corrected chi connectivity index (χ2v) is 8.48. The minimum Gasteiger partial charge on any atom is -0.471 e. The van der Waals surface area contributed by atoms with Crippen LogP contribution >= 0.6 is 0 Å². The van der Waals surface area contributed by atoms with Crippen LogP contribution in [0.3, 0.4) is 0 Å². The highest BCUT2D eigenvalue weighted by Gasteiger charge is 2.53. The number of pyridine rings is 1. The number of fused-ring (bicyclic) bond motifs is 1. The lowest BCUT2D eigenvalue weighted by Gasteiger charge is -2.43. The van der Waals surface area contributed by atoms with Crippen LogP contribution in [0, 0.1) is 0 Å². The third kappa shape index (κ3) is 4.49. The van der Waals surface area contributed by atoms with E-state index in [0.29, 0.717) is 18.7 Å². The first kappa shape index (κ1) is 22.0. The zero-order valence-electron chi connectivity index (χ0n) is 17.9. The minimum absolute atomic E-state index is 0.0953. The van der Waals surface area contributed by atoms with Crippen LogP contribution in [-0.2, 0) is 0 Å². The van der Waals surface area contributed by atoms with Crippen molar-refractivity contribution in [3.63, 3.8) is 0 Å². The molecule has 178 valence electrons. The molecular formula is C21H26F3N7O2. The van der Waals surface area contributed by atoms with Crippen molar-refractivity contribution in [2.24, 2.45) is 0 Å². The maximum Gasteiger partial charge on any atom is 0.429 e. The van der Waals surface area contributed by atoms with Gasteiger partial charge in [0.05, 0.1) is 18.1 Å². The summed E-state index contributed by atoms with van der Waals surface area (Å²) in [6.45, 7) is 3.65. The van der Waals surface area contributed by atoms with Crippen LogP contribution in [0.1, 0.15) is 25.7 Å². The van der Waals surface area contributed by atoms with Crippen molar-refractivity contribution in [3.05, 3.63) is 24.5 Å². The lowest BCUT2D eigenvalue weighted by Crippen LogP contribution is -2.59. The monoisotopic (exact) mass is 465 g/mol. The number of piperazine rings is 1. The second-order valence-electron chi connectivity index (χ2n) is 8.48. The molecule has 9 nitrogen and oxygen atoms in total. The summed E-state index contributed by atoms with van der Waals surface area (Å²) in [4.78, 5) is 16.5. The second kappa shape index (κ2) is 8.82. The molecule has 0 aromatic carbocycles. The third-order valence-electron chi connectivity index (χ3n) is 6.30. The molecule has 2 aromatic rings. The first-order valence-electron chi connectivity index (χ1n) is 11.2. The SMILES string of the molecule is OC1C(C(F)(F)F)Oc2cnc(Nc3ccc(N4CCNCC4)cn3)nc2N1C1CCCC1. The Morgan fingerprint density at radius 1 is 1.09 bits per heavy atom. The zero-order valence-corrected chi connectivity index (χ0v) is 17.9. The highest BCUT2D eigenvalue weighted by molar-refractivity contribution is 5.60. The number of aliphatic hydroxyl groups is 1. The van der Waals surface area contributed by atoms with Gasteiger partial charge in [0.2, 0.25) is 12.1 Å². The van der Waals surface area contributed by atoms with E-state index < -0.39 is 18.5 Å². The van der Waals surface area contributed by atoms with Gasteiger partial charge in [0.15, 0.2) is 17.8 Å². The molecule has 5 rings (SSSR count). The lowest BCUT2D eigenvalue weighted by atomic mass is 10.1. The molecule has 2 unspecified atom stereocenters. The number of aromatic nitrogens is 3. The van der Waals surface area contributed by atoms with Gasteiger partial charge in [-0.3, -0.25) is 0 Å². The van der Waals surface area contributed by atoms with Gasteiger partial charge in [-0.05, 0) is 25.0 Å². The van der Waals surface area contributed by atoms with Crippen molar-refractivity contribution in [1.29, 1.82) is 0 Å². The van der Waals surface area contributed by atoms with Gasteiger partial charge in [-0.25, -0.2) is 9.97 Å². The normalized spacial score (nSPS) is 23.9. The van der Waals surface area contributed by atoms with Gasteiger partial charge in [0.25, 0.3) is 0 Å². The van der Waals surface area contributed by atoms with Crippen LogP contribution in [0.5, 0.6) is 5.75 Å². The fraction of sp³-hybridized carbons (Fsp3) is 0.571. The topological polar surface area (TPSA) is 98.7 Å². The van der Waals surface area contributed by atoms with Crippen molar-refractivity contribution in [2.45, 2.75) is 50.2 Å². The Balaban J connectivity index is 1.39. The smallest absolute Gasteiger partial charge is 0.429 e. The van der Waals surface area contributed by atoms with Crippen LogP contribution in [0.25, 0.3) is 0 Å². The number of nitrogens with zero attached hydrogens (tertiary/aromatic N) is 5. The van der Waals surface area contributed by atoms with Crippen LogP contribution in [-0.4, -0.2) is 70.8 Å². The van der Waals surface area contributed by atoms with E-state index in [4.69, 9.17) is 4.74 Å². The molecule has 1 aliphatic carbocycles. The average Bonchev–Trinajstić information content (AvgIpc) is 3.33. The summed E-state index contributed by atoms with van der Waals surface area (Å²) in [5, 5.41) is 16.9. The van der Waals surface area contributed by atoms with E-state index in [1.807, 2.05) is 6.07 Å². The number of hydrogen-bond donors (Lipinski definition) is 3. The van der Waals surface area contributed by atoms with E-state index in [-0.39, 0.29) is 23.6 Å². The summed E-state index contributed by atoms with van der Waals surface area (Å²) in [7, 11) is 0. The van der Waals surface area contributed by atoms with Gasteiger partial charge in [-0.2, -0.15) is 18.2 Å². The van der Waals surface area contributed by atoms with E-state index in [1.165, 1.54) is 11.1 Å². The number of nitrogens with one attached hydrogen (secondary N) is 2. The maximum absolute atomic E-state index is 13.5. The summed E-state index contributed by atoms with van der Waals surface area (Å²) in [5.74, 6) is 0.735. The van der Waals surface area contributed by atoms with Crippen molar-refractivity contribution < 1.29 is 23.0 Å². The molecular weight excluding hydrogens is 439 g/mol. The molecule has 4 heterocycles. The molecule has 0 spiro atoms. The molecule has 2 fully saturated rings. The molecule has 33 heavy (non-hydrogen) atoms. The number of alkyl halides is 3. The number of rotatable bonds is 4. The zero-order chi connectivity index (χ0) is 23.0. The Hall–Kier alpha value is -2.86. The number of ether oxygens (including phenoxy) is 1. The molecule has 1 saturated carbocycles. The molecule has 2 aromatic heterocycles. The van der Waals surface area contributed by atoms with Gasteiger partial charge in [0, 0.05) is 32.2 Å². The molecule has 3 N–H and O–H groups in total. The van der Waals surface area contributed by atoms with Crippen LogP contribution in [0.15, 0.2) is 24.5 Å². The molecule has 2 aliphatic heterocycles. The number of hydrogen-bond acceptors (Lipinski definition) is 9. The van der Waals surface area contributed by atoms with Gasteiger partial charge in [0.1, 0.15) is 5.82 Å². The Kier molecular flexibility index (Phi) is 5.87. The number of anilines is 4. The largest absolute Gasteiger partial charge is 0.471 e. The van der Waals surface area contributed by atoms with Gasteiger partial charge < -0.3 is 30.3 Å².